The van der Waals surface area contributed by atoms with Gasteiger partial charge >= 0.3 is 0 Å². The Kier molecular flexibility index (Phi) is 2.91. The van der Waals surface area contributed by atoms with Gasteiger partial charge in [0, 0.05) is 12.0 Å². The molecule has 0 aromatic heterocycles. The van der Waals surface area contributed by atoms with Crippen LogP contribution in [0.25, 0.3) is 0 Å². The van der Waals surface area contributed by atoms with Crippen molar-refractivity contribution in [1.82, 2.24) is 4.90 Å². The van der Waals surface area contributed by atoms with Gasteiger partial charge in [0.15, 0.2) is 0 Å². The van der Waals surface area contributed by atoms with Gasteiger partial charge in [0.1, 0.15) is 5.75 Å². The fraction of sp³-hybridized carbons (Fsp3) is 0.538. The van der Waals surface area contributed by atoms with Crippen LogP contribution in [0.2, 0.25) is 0 Å². The molecule has 16 heavy (non-hydrogen) atoms. The molecule has 0 amide bonds. The Morgan fingerprint density at radius 1 is 1.44 bits per heavy atom. The summed E-state index contributed by atoms with van der Waals surface area (Å²) < 4.78 is 5.65. The Bertz CT molecular complexity index is 390. The average molecular weight is 221 g/mol. The highest BCUT2D eigenvalue weighted by atomic mass is 16.5. The number of hydrogen-bond acceptors (Lipinski definition) is 3. The first-order valence-corrected chi connectivity index (χ1v) is 5.62. The first-order chi connectivity index (χ1) is 7.60. The second-order valence-corrected chi connectivity index (χ2v) is 4.68. The summed E-state index contributed by atoms with van der Waals surface area (Å²) in [6.07, 6.45) is 0.826. The highest BCUT2D eigenvalue weighted by Gasteiger charge is 2.39. The molecule has 3 heteroatoms. The summed E-state index contributed by atoms with van der Waals surface area (Å²) in [4.78, 5) is 2.09. The molecular weight excluding hydrogens is 202 g/mol. The molecule has 0 bridgehead atoms. The molecule has 2 rings (SSSR count). The van der Waals surface area contributed by atoms with Gasteiger partial charge in [0.2, 0.25) is 0 Å². The first-order valence-electron chi connectivity index (χ1n) is 5.62. The van der Waals surface area contributed by atoms with E-state index in [9.17, 15) is 5.11 Å². The minimum Gasteiger partial charge on any atom is -0.493 e. The molecule has 1 aliphatic rings. The van der Waals surface area contributed by atoms with E-state index in [0.29, 0.717) is 6.61 Å². The zero-order valence-corrected chi connectivity index (χ0v) is 10.2. The highest BCUT2D eigenvalue weighted by molar-refractivity contribution is 5.43. The molecule has 1 aromatic carbocycles. The maximum absolute atomic E-state index is 9.75. The molecule has 1 unspecified atom stereocenters. The van der Waals surface area contributed by atoms with Crippen molar-refractivity contribution in [3.8, 4) is 5.75 Å². The van der Waals surface area contributed by atoms with Gasteiger partial charge in [-0.3, -0.25) is 4.90 Å². The van der Waals surface area contributed by atoms with Crippen molar-refractivity contribution < 1.29 is 9.84 Å². The van der Waals surface area contributed by atoms with Crippen molar-refractivity contribution in [3.05, 3.63) is 29.3 Å². The summed E-state index contributed by atoms with van der Waals surface area (Å²) in [6, 6.07) is 6.16. The molecule has 0 radical (unpaired) electrons. The van der Waals surface area contributed by atoms with Crippen molar-refractivity contribution in [2.75, 3.05) is 27.3 Å². The monoisotopic (exact) mass is 221 g/mol. The molecule has 3 nitrogen and oxygen atoms in total. The molecule has 1 N–H and O–H groups in total. The summed E-state index contributed by atoms with van der Waals surface area (Å²) in [6.45, 7) is 2.85. The van der Waals surface area contributed by atoms with E-state index < -0.39 is 0 Å². The second kappa shape index (κ2) is 4.07. The van der Waals surface area contributed by atoms with Gasteiger partial charge < -0.3 is 9.84 Å². The molecule has 0 saturated heterocycles. The molecule has 88 valence electrons. The number of fused-ring (bicyclic) bond motifs is 1. The minimum atomic E-state index is -0.292. The Labute approximate surface area is 96.6 Å². The van der Waals surface area contributed by atoms with Crippen LogP contribution in [0, 0.1) is 6.92 Å². The third kappa shape index (κ3) is 1.60. The van der Waals surface area contributed by atoms with Gasteiger partial charge in [-0.25, -0.2) is 0 Å². The van der Waals surface area contributed by atoms with Crippen LogP contribution in [0.4, 0.5) is 0 Å². The van der Waals surface area contributed by atoms with E-state index in [1.807, 2.05) is 26.2 Å². The van der Waals surface area contributed by atoms with Crippen LogP contribution in [0.15, 0.2) is 18.2 Å². The van der Waals surface area contributed by atoms with E-state index in [1.165, 1.54) is 5.56 Å². The Balaban J connectivity index is 2.56. The van der Waals surface area contributed by atoms with Gasteiger partial charge in [-0.2, -0.15) is 0 Å². The summed E-state index contributed by atoms with van der Waals surface area (Å²) in [5.74, 6) is 0.902. The molecule has 0 aliphatic carbocycles. The Morgan fingerprint density at radius 2 is 2.19 bits per heavy atom. The number of aliphatic hydroxyl groups excluding tert-OH is 1. The largest absolute Gasteiger partial charge is 0.493 e. The van der Waals surface area contributed by atoms with Crippen LogP contribution in [0.1, 0.15) is 17.5 Å². The van der Waals surface area contributed by atoms with Crippen LogP contribution in [0.5, 0.6) is 5.75 Å². The van der Waals surface area contributed by atoms with E-state index in [2.05, 4.69) is 17.9 Å². The van der Waals surface area contributed by atoms with Crippen molar-refractivity contribution in [2.45, 2.75) is 18.9 Å². The zero-order chi connectivity index (χ0) is 11.8. The lowest BCUT2D eigenvalue weighted by Crippen LogP contribution is -2.48. The van der Waals surface area contributed by atoms with Crippen LogP contribution in [-0.2, 0) is 5.54 Å². The van der Waals surface area contributed by atoms with Crippen molar-refractivity contribution in [2.24, 2.45) is 0 Å². The smallest absolute Gasteiger partial charge is 0.124 e. The second-order valence-electron chi connectivity index (χ2n) is 4.68. The molecule has 1 heterocycles. The lowest BCUT2D eigenvalue weighted by atomic mass is 9.83. The van der Waals surface area contributed by atoms with E-state index in [-0.39, 0.29) is 12.1 Å². The predicted octanol–water partition coefficient (Wildman–Crippen LogP) is 1.53. The lowest BCUT2D eigenvalue weighted by molar-refractivity contribution is 0.0282. The molecule has 0 saturated carbocycles. The summed E-state index contributed by atoms with van der Waals surface area (Å²) in [7, 11) is 4.02. The maximum atomic E-state index is 9.75. The number of rotatable bonds is 2. The van der Waals surface area contributed by atoms with Crippen LogP contribution >= 0.6 is 0 Å². The van der Waals surface area contributed by atoms with E-state index in [1.54, 1.807) is 0 Å². The van der Waals surface area contributed by atoms with Crippen molar-refractivity contribution in [3.63, 3.8) is 0 Å². The topological polar surface area (TPSA) is 32.7 Å². The van der Waals surface area contributed by atoms with Crippen LogP contribution in [-0.4, -0.2) is 37.3 Å². The highest BCUT2D eigenvalue weighted by Crippen LogP contribution is 2.40. The van der Waals surface area contributed by atoms with Crippen molar-refractivity contribution >= 4 is 0 Å². The number of aryl methyl sites for hydroxylation is 1. The zero-order valence-electron chi connectivity index (χ0n) is 10.2. The van der Waals surface area contributed by atoms with Gasteiger partial charge in [-0.1, -0.05) is 17.7 Å². The quantitative estimate of drug-likeness (QED) is 0.822. The standard InChI is InChI=1S/C13H19NO2/c1-10-4-5-12-11(8-10)13(9-15,14(2)3)6-7-16-12/h4-5,8,15H,6-7,9H2,1-3H3. The molecule has 0 fully saturated rings. The minimum absolute atomic E-state index is 0.125. The molecule has 1 atom stereocenters. The fourth-order valence-corrected chi connectivity index (χ4v) is 2.37. The van der Waals surface area contributed by atoms with Crippen LogP contribution in [0.3, 0.4) is 0 Å². The van der Waals surface area contributed by atoms with Gasteiger partial charge in [0.25, 0.3) is 0 Å². The predicted molar refractivity (Wildman–Crippen MR) is 63.7 cm³/mol. The number of likely N-dealkylation sites (N-methyl/N-ethyl adjacent to an activating group) is 1. The summed E-state index contributed by atoms with van der Waals surface area (Å²) in [5.41, 5.74) is 2.01. The van der Waals surface area contributed by atoms with E-state index in [0.717, 1.165) is 17.7 Å². The summed E-state index contributed by atoms with van der Waals surface area (Å²) >= 11 is 0. The summed E-state index contributed by atoms with van der Waals surface area (Å²) in [5, 5.41) is 9.75. The Morgan fingerprint density at radius 3 is 2.81 bits per heavy atom. The number of ether oxygens (including phenoxy) is 1. The van der Waals surface area contributed by atoms with E-state index >= 15 is 0 Å². The molecule has 0 spiro atoms. The van der Waals surface area contributed by atoms with E-state index in [4.69, 9.17) is 4.74 Å². The number of aliphatic hydroxyl groups is 1. The number of hydrogen-bond donors (Lipinski definition) is 1. The third-order valence-corrected chi connectivity index (χ3v) is 3.53. The fourth-order valence-electron chi connectivity index (χ4n) is 2.37. The van der Waals surface area contributed by atoms with Gasteiger partial charge in [-0.05, 0) is 27.1 Å². The third-order valence-electron chi connectivity index (χ3n) is 3.53. The van der Waals surface area contributed by atoms with Crippen LogP contribution < -0.4 is 4.74 Å². The lowest BCUT2D eigenvalue weighted by Gasteiger charge is -2.42. The van der Waals surface area contributed by atoms with Gasteiger partial charge in [0.05, 0.1) is 18.8 Å². The molecular formula is C13H19NO2. The van der Waals surface area contributed by atoms with Crippen molar-refractivity contribution in [1.29, 1.82) is 0 Å². The maximum Gasteiger partial charge on any atom is 0.124 e. The average Bonchev–Trinajstić information content (AvgIpc) is 2.27. The Hall–Kier alpha value is -1.06. The molecule has 1 aliphatic heterocycles. The van der Waals surface area contributed by atoms with Gasteiger partial charge in [-0.15, -0.1) is 0 Å². The number of nitrogens with zero attached hydrogens (tertiary/aromatic N) is 1. The normalized spacial score (nSPS) is 24.1. The first kappa shape index (κ1) is 11.4. The molecule has 1 aromatic rings. The SMILES string of the molecule is Cc1ccc2c(c1)C(CO)(N(C)C)CCO2. The number of benzene rings is 1.